The van der Waals surface area contributed by atoms with Crippen molar-refractivity contribution in [3.05, 3.63) is 28.2 Å². The van der Waals surface area contributed by atoms with Crippen LogP contribution < -0.4 is 10.1 Å². The minimum atomic E-state index is -0.604. The number of carbonyl (C=O) groups excluding carboxylic acids is 1. The first-order chi connectivity index (χ1) is 9.01. The van der Waals surface area contributed by atoms with Crippen molar-refractivity contribution in [3.8, 4) is 5.75 Å². The Balaban J connectivity index is 3.03. The maximum Gasteiger partial charge on any atom is 0.255 e. The summed E-state index contributed by atoms with van der Waals surface area (Å²) >= 11 is 15.2. The van der Waals surface area contributed by atoms with Crippen molar-refractivity contribution in [2.75, 3.05) is 18.9 Å². The van der Waals surface area contributed by atoms with Crippen LogP contribution in [0, 0.1) is 0 Å². The van der Waals surface area contributed by atoms with Crippen LogP contribution in [0.2, 0.25) is 0 Å². The monoisotopic (exact) mass is 367 g/mol. The van der Waals surface area contributed by atoms with Gasteiger partial charge in [-0.3, -0.25) is 4.79 Å². The Morgan fingerprint density at radius 2 is 2.05 bits per heavy atom. The number of nitrogens with one attached hydrogen (secondary N) is 1. The number of carbonyl (C=O) groups is 1. The van der Waals surface area contributed by atoms with E-state index in [9.17, 15) is 4.79 Å². The van der Waals surface area contributed by atoms with Gasteiger partial charge in [-0.15, -0.1) is 23.2 Å². The average molecular weight is 369 g/mol. The molecule has 1 aromatic rings. The maximum atomic E-state index is 12.3. The zero-order valence-electron chi connectivity index (χ0n) is 10.8. The standard InChI is InChI=1S/C13H16BrCl2NO2/c1-3-13(7-15,8-16)17-12(18)10-6-9(14)4-5-11(10)19-2/h4-6H,3,7-8H2,1-2H3,(H,17,18). The van der Waals surface area contributed by atoms with Crippen molar-refractivity contribution in [1.29, 1.82) is 0 Å². The Morgan fingerprint density at radius 1 is 1.42 bits per heavy atom. The lowest BCUT2D eigenvalue weighted by Crippen LogP contribution is -2.51. The molecule has 1 rings (SSSR count). The Labute approximate surface area is 131 Å². The normalized spacial score (nSPS) is 11.2. The summed E-state index contributed by atoms with van der Waals surface area (Å²) in [5.74, 6) is 0.778. The van der Waals surface area contributed by atoms with E-state index in [1.54, 1.807) is 12.1 Å². The lowest BCUT2D eigenvalue weighted by molar-refractivity contribution is 0.0910. The molecule has 0 heterocycles. The molecule has 3 nitrogen and oxygen atoms in total. The number of alkyl halides is 2. The van der Waals surface area contributed by atoms with Crippen molar-refractivity contribution in [3.63, 3.8) is 0 Å². The quantitative estimate of drug-likeness (QED) is 0.775. The summed E-state index contributed by atoms with van der Waals surface area (Å²) in [6.45, 7) is 1.93. The number of amides is 1. The smallest absolute Gasteiger partial charge is 0.255 e. The predicted octanol–water partition coefficient (Wildman–Crippen LogP) is 3.81. The number of rotatable bonds is 6. The average Bonchev–Trinajstić information content (AvgIpc) is 2.44. The predicted molar refractivity (Wildman–Crippen MR) is 82.6 cm³/mol. The summed E-state index contributed by atoms with van der Waals surface area (Å²) < 4.78 is 5.99. The third kappa shape index (κ3) is 4.01. The minimum absolute atomic E-state index is 0.249. The Morgan fingerprint density at radius 3 is 2.53 bits per heavy atom. The van der Waals surface area contributed by atoms with Crippen LogP contribution in [-0.2, 0) is 0 Å². The van der Waals surface area contributed by atoms with E-state index in [1.807, 2.05) is 13.0 Å². The molecule has 0 radical (unpaired) electrons. The summed E-state index contributed by atoms with van der Waals surface area (Å²) in [6.07, 6.45) is 0.655. The largest absolute Gasteiger partial charge is 0.496 e. The van der Waals surface area contributed by atoms with Gasteiger partial charge in [-0.1, -0.05) is 22.9 Å². The van der Waals surface area contributed by atoms with Crippen LogP contribution in [0.15, 0.2) is 22.7 Å². The van der Waals surface area contributed by atoms with Crippen molar-refractivity contribution < 1.29 is 9.53 Å². The molecule has 1 aromatic carbocycles. The molecule has 0 bridgehead atoms. The maximum absolute atomic E-state index is 12.3. The van der Waals surface area contributed by atoms with Gasteiger partial charge in [0.1, 0.15) is 5.75 Å². The van der Waals surface area contributed by atoms with Gasteiger partial charge in [-0.05, 0) is 24.6 Å². The molecule has 19 heavy (non-hydrogen) atoms. The van der Waals surface area contributed by atoms with Crippen molar-refractivity contribution in [2.45, 2.75) is 18.9 Å². The highest BCUT2D eigenvalue weighted by molar-refractivity contribution is 9.10. The van der Waals surface area contributed by atoms with E-state index >= 15 is 0 Å². The van der Waals surface area contributed by atoms with Crippen LogP contribution in [0.25, 0.3) is 0 Å². The summed E-state index contributed by atoms with van der Waals surface area (Å²) in [6, 6.07) is 5.25. The Hall–Kier alpha value is -0.450. The van der Waals surface area contributed by atoms with Crippen molar-refractivity contribution in [1.82, 2.24) is 5.32 Å². The van der Waals surface area contributed by atoms with Gasteiger partial charge < -0.3 is 10.1 Å². The molecular weight excluding hydrogens is 353 g/mol. The molecule has 0 fully saturated rings. The second-order valence-corrected chi connectivity index (χ2v) is 5.65. The first-order valence-electron chi connectivity index (χ1n) is 5.80. The zero-order chi connectivity index (χ0) is 14.5. The SMILES string of the molecule is CCC(CCl)(CCl)NC(=O)c1cc(Br)ccc1OC. The number of benzene rings is 1. The second-order valence-electron chi connectivity index (χ2n) is 4.20. The number of ether oxygens (including phenoxy) is 1. The van der Waals surface area contributed by atoms with Gasteiger partial charge in [0.15, 0.2) is 0 Å². The lowest BCUT2D eigenvalue weighted by atomic mass is 10.0. The van der Waals surface area contributed by atoms with Gasteiger partial charge in [0.25, 0.3) is 5.91 Å². The lowest BCUT2D eigenvalue weighted by Gasteiger charge is -2.29. The third-order valence-electron chi connectivity index (χ3n) is 2.97. The number of hydrogen-bond acceptors (Lipinski definition) is 2. The molecule has 6 heteroatoms. The molecule has 0 spiro atoms. The zero-order valence-corrected chi connectivity index (χ0v) is 13.9. The van der Waals surface area contributed by atoms with Gasteiger partial charge in [-0.25, -0.2) is 0 Å². The molecule has 0 saturated heterocycles. The first-order valence-corrected chi connectivity index (χ1v) is 7.66. The van der Waals surface area contributed by atoms with Crippen LogP contribution in [-0.4, -0.2) is 30.3 Å². The number of hydrogen-bond donors (Lipinski definition) is 1. The second kappa shape index (κ2) is 7.36. The molecule has 1 N–H and O–H groups in total. The van der Waals surface area contributed by atoms with Crippen LogP contribution in [0.1, 0.15) is 23.7 Å². The summed E-state index contributed by atoms with van der Waals surface area (Å²) in [5, 5.41) is 2.89. The van der Waals surface area contributed by atoms with E-state index in [1.165, 1.54) is 7.11 Å². The Bertz CT molecular complexity index is 442. The topological polar surface area (TPSA) is 38.3 Å². The number of halogens is 3. The van der Waals surface area contributed by atoms with Gasteiger partial charge in [0.2, 0.25) is 0 Å². The van der Waals surface area contributed by atoms with Crippen LogP contribution >= 0.6 is 39.1 Å². The fourth-order valence-electron chi connectivity index (χ4n) is 1.55. The van der Waals surface area contributed by atoms with Crippen LogP contribution in [0.4, 0.5) is 0 Å². The molecule has 0 aliphatic carbocycles. The fourth-order valence-corrected chi connectivity index (χ4v) is 2.70. The molecule has 0 atom stereocenters. The molecule has 1 amide bonds. The van der Waals surface area contributed by atoms with Gasteiger partial charge in [0, 0.05) is 16.2 Å². The molecule has 0 unspecified atom stereocenters. The minimum Gasteiger partial charge on any atom is -0.496 e. The van der Waals surface area contributed by atoms with Gasteiger partial charge in [-0.2, -0.15) is 0 Å². The van der Waals surface area contributed by atoms with Crippen LogP contribution in [0.5, 0.6) is 5.75 Å². The van der Waals surface area contributed by atoms with E-state index in [0.29, 0.717) is 17.7 Å². The van der Waals surface area contributed by atoms with E-state index in [4.69, 9.17) is 27.9 Å². The molecule has 106 valence electrons. The highest BCUT2D eigenvalue weighted by atomic mass is 79.9. The summed E-state index contributed by atoms with van der Waals surface area (Å²) in [7, 11) is 1.52. The van der Waals surface area contributed by atoms with E-state index in [2.05, 4.69) is 21.2 Å². The first kappa shape index (κ1) is 16.6. The molecular formula is C13H16BrCl2NO2. The van der Waals surface area contributed by atoms with Crippen molar-refractivity contribution >= 4 is 45.0 Å². The third-order valence-corrected chi connectivity index (χ3v) is 4.49. The van der Waals surface area contributed by atoms with E-state index in [0.717, 1.165) is 4.47 Å². The van der Waals surface area contributed by atoms with E-state index < -0.39 is 5.54 Å². The van der Waals surface area contributed by atoms with Crippen molar-refractivity contribution in [2.24, 2.45) is 0 Å². The molecule has 0 aliphatic rings. The van der Waals surface area contributed by atoms with E-state index in [-0.39, 0.29) is 17.7 Å². The van der Waals surface area contributed by atoms with Gasteiger partial charge >= 0.3 is 0 Å². The molecule has 0 aromatic heterocycles. The van der Waals surface area contributed by atoms with Gasteiger partial charge in [0.05, 0.1) is 18.2 Å². The highest BCUT2D eigenvalue weighted by Gasteiger charge is 2.29. The Kier molecular flexibility index (Phi) is 6.43. The molecule has 0 saturated carbocycles. The molecule has 0 aliphatic heterocycles. The highest BCUT2D eigenvalue weighted by Crippen LogP contribution is 2.24. The summed E-state index contributed by atoms with van der Waals surface area (Å²) in [5.41, 5.74) is -0.155. The summed E-state index contributed by atoms with van der Waals surface area (Å²) in [4.78, 5) is 12.3. The number of methoxy groups -OCH3 is 1. The fraction of sp³-hybridized carbons (Fsp3) is 0.462. The van der Waals surface area contributed by atoms with Crippen LogP contribution in [0.3, 0.4) is 0 Å².